The highest BCUT2D eigenvalue weighted by Gasteiger charge is 2.19. The highest BCUT2D eigenvalue weighted by atomic mass is 32.1. The highest BCUT2D eigenvalue weighted by molar-refractivity contribution is 7.26. The standard InChI is InChI=1S/C52H33NS2/c1-2-17-42-35(11-1)12-9-20-43(42)39-15-7-13-36(31-39)37-14-8-16-41(32-37)53(47-21-10-24-51-52(47)45-19-4-6-23-49(45)55-51)40-28-25-34(26-29-40)38-27-30-50-46(33-38)44-18-3-5-22-48(44)54-50/h1-33H. The van der Waals surface area contributed by atoms with Gasteiger partial charge in [-0.05, 0) is 111 Å². The smallest absolute Gasteiger partial charge is 0.0554 e. The molecule has 0 spiro atoms. The zero-order chi connectivity index (χ0) is 36.3. The van der Waals surface area contributed by atoms with Crippen LogP contribution in [0.1, 0.15) is 0 Å². The summed E-state index contributed by atoms with van der Waals surface area (Å²) in [6.45, 7) is 0. The van der Waals surface area contributed by atoms with Crippen LogP contribution in [-0.2, 0) is 0 Å². The van der Waals surface area contributed by atoms with Crippen LogP contribution in [0.15, 0.2) is 200 Å². The normalized spacial score (nSPS) is 11.6. The third-order valence-corrected chi connectivity index (χ3v) is 13.1. The van der Waals surface area contributed by atoms with Crippen molar-refractivity contribution in [2.24, 2.45) is 0 Å². The van der Waals surface area contributed by atoms with Crippen molar-refractivity contribution in [2.75, 3.05) is 4.90 Å². The first-order chi connectivity index (χ1) is 27.2. The molecule has 0 aliphatic rings. The van der Waals surface area contributed by atoms with Gasteiger partial charge in [0.15, 0.2) is 0 Å². The van der Waals surface area contributed by atoms with Gasteiger partial charge in [-0.25, -0.2) is 0 Å². The van der Waals surface area contributed by atoms with Gasteiger partial charge in [0.1, 0.15) is 0 Å². The molecule has 0 radical (unpaired) electrons. The van der Waals surface area contributed by atoms with E-state index in [0.29, 0.717) is 0 Å². The van der Waals surface area contributed by atoms with E-state index in [1.165, 1.54) is 90.2 Å². The predicted molar refractivity (Wildman–Crippen MR) is 241 cm³/mol. The second kappa shape index (κ2) is 13.1. The first-order valence-electron chi connectivity index (χ1n) is 18.7. The van der Waals surface area contributed by atoms with Crippen molar-refractivity contribution in [3.63, 3.8) is 0 Å². The Labute approximate surface area is 327 Å². The number of thiophene rings is 2. The monoisotopic (exact) mass is 735 g/mol. The maximum atomic E-state index is 2.44. The van der Waals surface area contributed by atoms with Crippen molar-refractivity contribution < 1.29 is 0 Å². The fraction of sp³-hybridized carbons (Fsp3) is 0. The number of fused-ring (bicyclic) bond motifs is 7. The van der Waals surface area contributed by atoms with E-state index in [2.05, 4.69) is 205 Å². The van der Waals surface area contributed by atoms with Crippen molar-refractivity contribution in [2.45, 2.75) is 0 Å². The first-order valence-corrected chi connectivity index (χ1v) is 20.3. The summed E-state index contributed by atoms with van der Waals surface area (Å²) in [6, 6.07) is 73.5. The van der Waals surface area contributed by atoms with Gasteiger partial charge < -0.3 is 4.90 Å². The Morgan fingerprint density at radius 3 is 1.76 bits per heavy atom. The second-order valence-corrected chi connectivity index (χ2v) is 16.3. The van der Waals surface area contributed by atoms with Gasteiger partial charge in [-0.1, -0.05) is 133 Å². The molecule has 0 unspecified atom stereocenters. The number of hydrogen-bond donors (Lipinski definition) is 0. The Kier molecular flexibility index (Phi) is 7.61. The lowest BCUT2D eigenvalue weighted by molar-refractivity contribution is 1.30. The maximum absolute atomic E-state index is 2.44. The minimum absolute atomic E-state index is 1.12. The third kappa shape index (κ3) is 5.51. The summed E-state index contributed by atoms with van der Waals surface area (Å²) < 4.78 is 5.25. The van der Waals surface area contributed by atoms with E-state index < -0.39 is 0 Å². The molecule has 0 saturated heterocycles. The number of anilines is 3. The molecule has 1 nitrogen and oxygen atoms in total. The lowest BCUT2D eigenvalue weighted by atomic mass is 9.95. The minimum Gasteiger partial charge on any atom is -0.310 e. The van der Waals surface area contributed by atoms with Crippen LogP contribution in [0.4, 0.5) is 17.1 Å². The average molecular weight is 736 g/mol. The van der Waals surface area contributed by atoms with Gasteiger partial charge in [0.2, 0.25) is 0 Å². The average Bonchev–Trinajstić information content (AvgIpc) is 3.83. The number of benzene rings is 9. The Morgan fingerprint density at radius 2 is 0.891 bits per heavy atom. The Hall–Kier alpha value is -6.52. The van der Waals surface area contributed by atoms with Crippen molar-refractivity contribution in [1.29, 1.82) is 0 Å². The van der Waals surface area contributed by atoms with E-state index in [9.17, 15) is 0 Å². The second-order valence-electron chi connectivity index (χ2n) is 14.1. The number of hydrogen-bond acceptors (Lipinski definition) is 3. The fourth-order valence-electron chi connectivity index (χ4n) is 8.25. The molecule has 0 aliphatic heterocycles. The fourth-order valence-corrected chi connectivity index (χ4v) is 10.5. The van der Waals surface area contributed by atoms with Crippen LogP contribution in [0.5, 0.6) is 0 Å². The van der Waals surface area contributed by atoms with Crippen LogP contribution in [0.25, 0.3) is 84.5 Å². The molecule has 0 N–H and O–H groups in total. The summed E-state index contributed by atoms with van der Waals surface area (Å²) in [5.74, 6) is 0. The number of nitrogens with zero attached hydrogens (tertiary/aromatic N) is 1. The molecule has 258 valence electrons. The minimum atomic E-state index is 1.12. The summed E-state index contributed by atoms with van der Waals surface area (Å²) >= 11 is 3.72. The molecule has 11 rings (SSSR count). The van der Waals surface area contributed by atoms with Crippen LogP contribution in [0, 0.1) is 0 Å². The van der Waals surface area contributed by atoms with Gasteiger partial charge in [0.25, 0.3) is 0 Å². The molecule has 55 heavy (non-hydrogen) atoms. The van der Waals surface area contributed by atoms with Gasteiger partial charge in [0, 0.05) is 51.7 Å². The van der Waals surface area contributed by atoms with Gasteiger partial charge in [0.05, 0.1) is 5.69 Å². The van der Waals surface area contributed by atoms with E-state index in [1.54, 1.807) is 0 Å². The molecule has 0 bridgehead atoms. The first kappa shape index (κ1) is 32.0. The zero-order valence-corrected chi connectivity index (χ0v) is 31.4. The highest BCUT2D eigenvalue weighted by Crippen LogP contribution is 2.46. The van der Waals surface area contributed by atoms with E-state index in [0.717, 1.165) is 11.4 Å². The zero-order valence-electron chi connectivity index (χ0n) is 29.8. The molecule has 2 aromatic heterocycles. The van der Waals surface area contributed by atoms with E-state index in [-0.39, 0.29) is 0 Å². The summed E-state index contributed by atoms with van der Waals surface area (Å²) in [5, 5.41) is 7.74. The van der Waals surface area contributed by atoms with Gasteiger partial charge in [-0.15, -0.1) is 22.7 Å². The topological polar surface area (TPSA) is 3.24 Å². The molecule has 3 heteroatoms. The SMILES string of the molecule is c1cc(-c2cccc(N(c3ccc(-c4ccc5sc6ccccc6c5c4)cc3)c3cccc4sc5ccccc5c34)c2)cc(-c2cccc3ccccc23)c1. The van der Waals surface area contributed by atoms with Crippen molar-refractivity contribution in [3.05, 3.63) is 200 Å². The molecule has 11 aromatic rings. The van der Waals surface area contributed by atoms with Crippen molar-refractivity contribution in [1.82, 2.24) is 0 Å². The molecule has 0 atom stereocenters. The molecule has 0 amide bonds. The number of rotatable bonds is 6. The molecule has 2 heterocycles. The van der Waals surface area contributed by atoms with E-state index in [4.69, 9.17) is 0 Å². The predicted octanol–water partition coefficient (Wildman–Crippen LogP) is 16.0. The largest absolute Gasteiger partial charge is 0.310 e. The molecular weight excluding hydrogens is 703 g/mol. The quantitative estimate of drug-likeness (QED) is 0.164. The Morgan fingerprint density at radius 1 is 0.309 bits per heavy atom. The Balaban J connectivity index is 1.05. The Bertz CT molecular complexity index is 3220. The lowest BCUT2D eigenvalue weighted by Crippen LogP contribution is -2.10. The van der Waals surface area contributed by atoms with E-state index >= 15 is 0 Å². The third-order valence-electron chi connectivity index (χ3n) is 10.9. The van der Waals surface area contributed by atoms with Gasteiger partial charge >= 0.3 is 0 Å². The van der Waals surface area contributed by atoms with Crippen LogP contribution in [0.2, 0.25) is 0 Å². The van der Waals surface area contributed by atoms with Crippen LogP contribution in [0.3, 0.4) is 0 Å². The van der Waals surface area contributed by atoms with Crippen molar-refractivity contribution >= 4 is 90.9 Å². The summed E-state index contributed by atoms with van der Waals surface area (Å²) in [6.07, 6.45) is 0. The van der Waals surface area contributed by atoms with Gasteiger partial charge in [-0.3, -0.25) is 0 Å². The van der Waals surface area contributed by atoms with Crippen LogP contribution < -0.4 is 4.90 Å². The van der Waals surface area contributed by atoms with Gasteiger partial charge in [-0.2, -0.15) is 0 Å². The van der Waals surface area contributed by atoms with E-state index in [1.807, 2.05) is 22.7 Å². The van der Waals surface area contributed by atoms with Crippen molar-refractivity contribution in [3.8, 4) is 33.4 Å². The lowest BCUT2D eigenvalue weighted by Gasteiger charge is -2.27. The summed E-state index contributed by atoms with van der Waals surface area (Å²) in [5.41, 5.74) is 10.7. The summed E-state index contributed by atoms with van der Waals surface area (Å²) in [7, 11) is 0. The molecule has 0 fully saturated rings. The van der Waals surface area contributed by atoms with Crippen LogP contribution in [-0.4, -0.2) is 0 Å². The molecular formula is C52H33NS2. The maximum Gasteiger partial charge on any atom is 0.0554 e. The molecule has 0 aliphatic carbocycles. The van der Waals surface area contributed by atoms with Crippen LogP contribution >= 0.6 is 22.7 Å². The molecule has 0 saturated carbocycles. The summed E-state index contributed by atoms with van der Waals surface area (Å²) in [4.78, 5) is 2.44. The molecule has 9 aromatic carbocycles.